The van der Waals surface area contributed by atoms with Crippen LogP contribution in [0.25, 0.3) is 0 Å². The van der Waals surface area contributed by atoms with E-state index in [1.165, 1.54) is 7.11 Å². The Kier molecular flexibility index (Phi) is 4.81. The van der Waals surface area contributed by atoms with Crippen LogP contribution in [-0.2, 0) is 6.61 Å². The quantitative estimate of drug-likeness (QED) is 0.915. The summed E-state index contributed by atoms with van der Waals surface area (Å²) in [6.45, 7) is 2.02. The van der Waals surface area contributed by atoms with E-state index >= 15 is 0 Å². The van der Waals surface area contributed by atoms with Gasteiger partial charge in [-0.15, -0.1) is 0 Å². The Morgan fingerprint density at radius 1 is 1.19 bits per heavy atom. The van der Waals surface area contributed by atoms with E-state index in [1.54, 1.807) is 19.1 Å². The van der Waals surface area contributed by atoms with Crippen LogP contribution in [-0.4, -0.2) is 12.2 Å². The maximum absolute atomic E-state index is 9.71. The third-order valence-corrected chi connectivity index (χ3v) is 3.15. The first kappa shape index (κ1) is 14.9. The average molecular weight is 283 g/mol. The van der Waals surface area contributed by atoms with E-state index in [-0.39, 0.29) is 0 Å². The second kappa shape index (κ2) is 6.78. The summed E-state index contributed by atoms with van der Waals surface area (Å²) in [6.07, 6.45) is -0.591. The number of aliphatic hydroxyl groups excluding tert-OH is 1. The van der Waals surface area contributed by atoms with Crippen molar-refractivity contribution in [3.05, 3.63) is 59.2 Å². The van der Waals surface area contributed by atoms with Crippen LogP contribution < -0.4 is 9.47 Å². The van der Waals surface area contributed by atoms with Crippen LogP contribution in [0.1, 0.15) is 29.7 Å². The highest BCUT2D eigenvalue weighted by Gasteiger charge is 2.09. The van der Waals surface area contributed by atoms with E-state index in [1.807, 2.05) is 30.3 Å². The molecule has 2 aromatic rings. The van der Waals surface area contributed by atoms with Crippen molar-refractivity contribution in [3.63, 3.8) is 0 Å². The Hall–Kier alpha value is -2.51. The molecule has 0 radical (unpaired) electrons. The summed E-state index contributed by atoms with van der Waals surface area (Å²) in [5.41, 5.74) is 2.08. The van der Waals surface area contributed by atoms with Gasteiger partial charge >= 0.3 is 0 Å². The van der Waals surface area contributed by atoms with Crippen LogP contribution in [0.3, 0.4) is 0 Å². The lowest BCUT2D eigenvalue weighted by molar-refractivity contribution is 0.190. The van der Waals surface area contributed by atoms with E-state index < -0.39 is 6.10 Å². The van der Waals surface area contributed by atoms with Crippen molar-refractivity contribution in [2.75, 3.05) is 7.11 Å². The normalized spacial score (nSPS) is 11.5. The minimum absolute atomic E-state index is 0.322. The molecule has 0 bridgehead atoms. The summed E-state index contributed by atoms with van der Waals surface area (Å²) in [6, 6.07) is 14.8. The van der Waals surface area contributed by atoms with Crippen molar-refractivity contribution in [1.29, 1.82) is 5.26 Å². The Balaban J connectivity index is 2.16. The van der Waals surface area contributed by atoms with E-state index in [2.05, 4.69) is 6.07 Å². The van der Waals surface area contributed by atoms with Crippen LogP contribution in [0.15, 0.2) is 42.5 Å². The minimum Gasteiger partial charge on any atom is -0.495 e. The van der Waals surface area contributed by atoms with Gasteiger partial charge in [0.05, 0.1) is 18.8 Å². The predicted molar refractivity (Wildman–Crippen MR) is 79.1 cm³/mol. The van der Waals surface area contributed by atoms with Gasteiger partial charge in [-0.2, -0.15) is 5.26 Å². The zero-order chi connectivity index (χ0) is 15.2. The predicted octanol–water partition coefficient (Wildman–Crippen LogP) is 3.20. The van der Waals surface area contributed by atoms with Gasteiger partial charge in [0.15, 0.2) is 0 Å². The van der Waals surface area contributed by atoms with E-state index in [4.69, 9.17) is 14.7 Å². The fourth-order valence-electron chi connectivity index (χ4n) is 2.05. The molecule has 1 atom stereocenters. The summed E-state index contributed by atoms with van der Waals surface area (Å²) < 4.78 is 10.9. The lowest BCUT2D eigenvalue weighted by atomic mass is 10.1. The first-order valence-electron chi connectivity index (χ1n) is 6.62. The summed E-state index contributed by atoms with van der Waals surface area (Å²) in [4.78, 5) is 0. The van der Waals surface area contributed by atoms with Gasteiger partial charge in [0.2, 0.25) is 0 Å². The van der Waals surface area contributed by atoms with Crippen LogP contribution in [0.2, 0.25) is 0 Å². The molecule has 0 heterocycles. The van der Waals surface area contributed by atoms with Crippen molar-refractivity contribution in [2.45, 2.75) is 19.6 Å². The lowest BCUT2D eigenvalue weighted by Crippen LogP contribution is -2.01. The molecule has 0 aliphatic carbocycles. The van der Waals surface area contributed by atoms with Crippen LogP contribution in [0.5, 0.6) is 11.5 Å². The highest BCUT2D eigenvalue weighted by Crippen LogP contribution is 2.26. The molecular weight excluding hydrogens is 266 g/mol. The number of benzene rings is 2. The second-order valence-corrected chi connectivity index (χ2v) is 4.65. The smallest absolute Gasteiger partial charge is 0.136 e. The summed E-state index contributed by atoms with van der Waals surface area (Å²) in [5.74, 6) is 1.19. The average Bonchev–Trinajstić information content (AvgIpc) is 2.52. The molecule has 0 aliphatic heterocycles. The highest BCUT2D eigenvalue weighted by atomic mass is 16.5. The fraction of sp³-hybridized carbons (Fsp3) is 0.235. The van der Waals surface area contributed by atoms with E-state index in [0.717, 1.165) is 11.1 Å². The van der Waals surface area contributed by atoms with Crippen LogP contribution >= 0.6 is 0 Å². The Morgan fingerprint density at radius 3 is 2.62 bits per heavy atom. The first-order valence-corrected chi connectivity index (χ1v) is 6.62. The molecule has 21 heavy (non-hydrogen) atoms. The molecule has 0 aliphatic rings. The maximum atomic E-state index is 9.71. The third kappa shape index (κ3) is 3.53. The van der Waals surface area contributed by atoms with Gasteiger partial charge in [0, 0.05) is 5.56 Å². The van der Waals surface area contributed by atoms with E-state index in [9.17, 15) is 5.11 Å². The fourth-order valence-corrected chi connectivity index (χ4v) is 2.05. The number of rotatable bonds is 5. The van der Waals surface area contributed by atoms with Gasteiger partial charge in [-0.05, 0) is 30.7 Å². The largest absolute Gasteiger partial charge is 0.495 e. The molecule has 1 unspecified atom stereocenters. The molecule has 4 heteroatoms. The van der Waals surface area contributed by atoms with Gasteiger partial charge in [0.1, 0.15) is 24.2 Å². The van der Waals surface area contributed by atoms with Crippen LogP contribution in [0, 0.1) is 11.3 Å². The molecule has 2 aromatic carbocycles. The summed E-state index contributed by atoms with van der Waals surface area (Å²) >= 11 is 0. The van der Waals surface area contributed by atoms with Crippen molar-refractivity contribution in [2.24, 2.45) is 0 Å². The summed E-state index contributed by atoms with van der Waals surface area (Å²) in [7, 11) is 1.53. The maximum Gasteiger partial charge on any atom is 0.136 e. The number of nitriles is 1. The lowest BCUT2D eigenvalue weighted by Gasteiger charge is -2.13. The molecule has 0 fully saturated rings. The number of hydrogen-bond donors (Lipinski definition) is 1. The molecule has 0 amide bonds. The van der Waals surface area contributed by atoms with E-state index in [0.29, 0.717) is 23.7 Å². The molecule has 0 aromatic heterocycles. The summed E-state index contributed by atoms with van der Waals surface area (Å²) in [5, 5.41) is 18.8. The topological polar surface area (TPSA) is 62.5 Å². The molecule has 0 saturated heterocycles. The first-order chi connectivity index (χ1) is 10.2. The molecule has 2 rings (SSSR count). The number of nitrogens with zero attached hydrogens (tertiary/aromatic N) is 1. The molecule has 4 nitrogen and oxygen atoms in total. The van der Waals surface area contributed by atoms with Crippen molar-refractivity contribution in [3.8, 4) is 17.6 Å². The van der Waals surface area contributed by atoms with Crippen molar-refractivity contribution in [1.82, 2.24) is 0 Å². The Bertz CT molecular complexity index is 659. The highest BCUT2D eigenvalue weighted by molar-refractivity contribution is 5.45. The van der Waals surface area contributed by atoms with Crippen molar-refractivity contribution < 1.29 is 14.6 Å². The standard InChI is InChI=1S/C17H17NO3/c1-12(19)15-5-3-4-6-17(15)21-11-13-7-8-16(20-2)14(9-13)10-18/h3-9,12,19H,11H2,1-2H3. The number of aliphatic hydroxyl groups is 1. The Labute approximate surface area is 124 Å². The molecule has 0 saturated carbocycles. The number of para-hydroxylation sites is 1. The number of ether oxygens (including phenoxy) is 2. The number of methoxy groups -OCH3 is 1. The minimum atomic E-state index is -0.591. The molecular formula is C17H17NO3. The van der Waals surface area contributed by atoms with Gasteiger partial charge in [-0.3, -0.25) is 0 Å². The molecule has 1 N–H and O–H groups in total. The monoisotopic (exact) mass is 283 g/mol. The zero-order valence-electron chi connectivity index (χ0n) is 12.0. The van der Waals surface area contributed by atoms with Gasteiger partial charge in [-0.1, -0.05) is 24.3 Å². The van der Waals surface area contributed by atoms with Crippen LogP contribution in [0.4, 0.5) is 0 Å². The molecule has 0 spiro atoms. The van der Waals surface area contributed by atoms with Gasteiger partial charge < -0.3 is 14.6 Å². The van der Waals surface area contributed by atoms with Gasteiger partial charge in [0.25, 0.3) is 0 Å². The second-order valence-electron chi connectivity index (χ2n) is 4.65. The van der Waals surface area contributed by atoms with Crippen molar-refractivity contribution >= 4 is 0 Å². The number of hydrogen-bond acceptors (Lipinski definition) is 4. The van der Waals surface area contributed by atoms with Gasteiger partial charge in [-0.25, -0.2) is 0 Å². The molecule has 108 valence electrons. The SMILES string of the molecule is COc1ccc(COc2ccccc2C(C)O)cc1C#N. The zero-order valence-corrected chi connectivity index (χ0v) is 12.0. The Morgan fingerprint density at radius 2 is 1.95 bits per heavy atom. The third-order valence-electron chi connectivity index (χ3n) is 3.15.